The highest BCUT2D eigenvalue weighted by Crippen LogP contribution is 2.17. The van der Waals surface area contributed by atoms with Gasteiger partial charge in [0.2, 0.25) is 0 Å². The van der Waals surface area contributed by atoms with Gasteiger partial charge in [0.15, 0.2) is 6.61 Å². The summed E-state index contributed by atoms with van der Waals surface area (Å²) in [5.74, 6) is -0.824. The van der Waals surface area contributed by atoms with Gasteiger partial charge in [-0.25, -0.2) is 4.68 Å². The molecule has 0 aliphatic rings. The number of esters is 1. The standard InChI is InChI=1S/C24H26N4O4/c1-16-8-10-19(11-9-16)28-21(14-18(3)27-28)26-22(29)15-32-23(30)12-13-25-24(31)20-7-5-4-6-17(20)2/h4-11,14H,12-13,15H2,1-3H3,(H,25,31)(H,26,29). The largest absolute Gasteiger partial charge is 0.456 e. The van der Waals surface area contributed by atoms with Crippen LogP contribution >= 0.6 is 0 Å². The van der Waals surface area contributed by atoms with Gasteiger partial charge in [-0.1, -0.05) is 35.9 Å². The lowest BCUT2D eigenvalue weighted by atomic mass is 10.1. The number of carbonyl (C=O) groups is 3. The molecular formula is C24H26N4O4. The zero-order valence-corrected chi connectivity index (χ0v) is 18.3. The number of rotatable bonds is 8. The highest BCUT2D eigenvalue weighted by molar-refractivity contribution is 5.96. The lowest BCUT2D eigenvalue weighted by molar-refractivity contribution is -0.147. The molecule has 0 saturated carbocycles. The average Bonchev–Trinajstić information content (AvgIpc) is 3.13. The molecule has 1 aromatic heterocycles. The molecule has 0 aliphatic heterocycles. The third-order valence-corrected chi connectivity index (χ3v) is 4.75. The van der Waals surface area contributed by atoms with E-state index in [1.807, 2.05) is 57.2 Å². The Bertz CT molecular complexity index is 1120. The van der Waals surface area contributed by atoms with E-state index in [4.69, 9.17) is 4.74 Å². The molecule has 8 heteroatoms. The molecule has 0 saturated heterocycles. The Hall–Kier alpha value is -3.94. The summed E-state index contributed by atoms with van der Waals surface area (Å²) in [6.45, 7) is 5.35. The summed E-state index contributed by atoms with van der Waals surface area (Å²) in [6, 6.07) is 16.6. The van der Waals surface area contributed by atoms with Gasteiger partial charge in [0.05, 0.1) is 17.8 Å². The fourth-order valence-corrected chi connectivity index (χ4v) is 3.07. The third kappa shape index (κ3) is 6.04. The second kappa shape index (κ2) is 10.4. The van der Waals surface area contributed by atoms with Crippen molar-refractivity contribution in [3.8, 4) is 5.69 Å². The van der Waals surface area contributed by atoms with Crippen LogP contribution < -0.4 is 10.6 Å². The second-order valence-corrected chi connectivity index (χ2v) is 7.45. The Kier molecular flexibility index (Phi) is 7.38. The number of carbonyl (C=O) groups excluding carboxylic acids is 3. The molecular weight excluding hydrogens is 408 g/mol. The van der Waals surface area contributed by atoms with Gasteiger partial charge in [-0.3, -0.25) is 14.4 Å². The molecule has 0 unspecified atom stereocenters. The fraction of sp³-hybridized carbons (Fsp3) is 0.250. The minimum absolute atomic E-state index is 0.0364. The molecule has 3 rings (SSSR count). The first kappa shape index (κ1) is 22.7. The predicted octanol–water partition coefficient (Wildman–Crippen LogP) is 3.10. The van der Waals surface area contributed by atoms with Gasteiger partial charge in [0.1, 0.15) is 5.82 Å². The number of amides is 2. The molecule has 2 aromatic carbocycles. The summed E-state index contributed by atoms with van der Waals surface area (Å²) in [5, 5.41) is 9.80. The molecule has 2 N–H and O–H groups in total. The van der Waals surface area contributed by atoms with E-state index in [0.29, 0.717) is 11.4 Å². The number of ether oxygens (including phenoxy) is 1. The zero-order valence-electron chi connectivity index (χ0n) is 18.3. The monoisotopic (exact) mass is 434 g/mol. The minimum atomic E-state index is -0.576. The molecule has 0 aliphatic carbocycles. The topological polar surface area (TPSA) is 102 Å². The number of hydrogen-bond acceptors (Lipinski definition) is 5. The van der Waals surface area contributed by atoms with Gasteiger partial charge in [-0.2, -0.15) is 5.10 Å². The van der Waals surface area contributed by atoms with Gasteiger partial charge < -0.3 is 15.4 Å². The molecule has 0 fully saturated rings. The van der Waals surface area contributed by atoms with Crippen molar-refractivity contribution in [1.82, 2.24) is 15.1 Å². The van der Waals surface area contributed by atoms with E-state index >= 15 is 0 Å². The first-order chi connectivity index (χ1) is 15.3. The molecule has 1 heterocycles. The maximum atomic E-state index is 12.3. The minimum Gasteiger partial charge on any atom is -0.456 e. The number of benzene rings is 2. The Morgan fingerprint density at radius 3 is 2.44 bits per heavy atom. The third-order valence-electron chi connectivity index (χ3n) is 4.75. The van der Waals surface area contributed by atoms with Gasteiger partial charge in [-0.15, -0.1) is 0 Å². The molecule has 0 radical (unpaired) electrons. The first-order valence-corrected chi connectivity index (χ1v) is 10.3. The van der Waals surface area contributed by atoms with E-state index in [2.05, 4.69) is 15.7 Å². The van der Waals surface area contributed by atoms with Gasteiger partial charge >= 0.3 is 5.97 Å². The normalized spacial score (nSPS) is 10.5. The second-order valence-electron chi connectivity index (χ2n) is 7.45. The molecule has 0 spiro atoms. The maximum Gasteiger partial charge on any atom is 0.308 e. The Labute approximate surface area is 186 Å². The lowest BCUT2D eigenvalue weighted by Crippen LogP contribution is -2.28. The van der Waals surface area contributed by atoms with Crippen LogP contribution in [0.2, 0.25) is 0 Å². The highest BCUT2D eigenvalue weighted by atomic mass is 16.5. The quantitative estimate of drug-likeness (QED) is 0.531. The van der Waals surface area contributed by atoms with E-state index in [1.165, 1.54) is 0 Å². The number of aromatic nitrogens is 2. The molecule has 3 aromatic rings. The van der Waals surface area contributed by atoms with Crippen LogP contribution in [0, 0.1) is 20.8 Å². The van der Waals surface area contributed by atoms with Gasteiger partial charge in [0, 0.05) is 18.2 Å². The Morgan fingerprint density at radius 1 is 1.00 bits per heavy atom. The number of hydrogen-bond donors (Lipinski definition) is 2. The van der Waals surface area contributed by atoms with Crippen LogP contribution in [0.5, 0.6) is 0 Å². The van der Waals surface area contributed by atoms with Crippen LogP contribution in [-0.4, -0.2) is 40.7 Å². The zero-order chi connectivity index (χ0) is 23.1. The van der Waals surface area contributed by atoms with Crippen molar-refractivity contribution < 1.29 is 19.1 Å². The van der Waals surface area contributed by atoms with Crippen LogP contribution in [-0.2, 0) is 14.3 Å². The molecule has 32 heavy (non-hydrogen) atoms. The average molecular weight is 434 g/mol. The number of anilines is 1. The van der Waals surface area contributed by atoms with Gasteiger partial charge in [0.25, 0.3) is 11.8 Å². The predicted molar refractivity (Wildman–Crippen MR) is 121 cm³/mol. The summed E-state index contributed by atoms with van der Waals surface area (Å²) in [7, 11) is 0. The SMILES string of the molecule is Cc1ccc(-n2nc(C)cc2NC(=O)COC(=O)CCNC(=O)c2ccccc2C)cc1. The van der Waals surface area contributed by atoms with E-state index in [0.717, 1.165) is 22.5 Å². The van der Waals surface area contributed by atoms with Crippen LogP contribution in [0.4, 0.5) is 5.82 Å². The first-order valence-electron chi connectivity index (χ1n) is 10.3. The summed E-state index contributed by atoms with van der Waals surface area (Å²) < 4.78 is 6.64. The van der Waals surface area contributed by atoms with Crippen molar-refractivity contribution in [3.63, 3.8) is 0 Å². The van der Waals surface area contributed by atoms with E-state index in [-0.39, 0.29) is 18.9 Å². The molecule has 0 bridgehead atoms. The van der Waals surface area contributed by atoms with Gasteiger partial charge in [-0.05, 0) is 44.5 Å². The van der Waals surface area contributed by atoms with Crippen LogP contribution in [0.15, 0.2) is 54.6 Å². The Balaban J connectivity index is 1.46. The van der Waals surface area contributed by atoms with Crippen LogP contribution in [0.3, 0.4) is 0 Å². The summed E-state index contributed by atoms with van der Waals surface area (Å²) in [4.78, 5) is 36.4. The van der Waals surface area contributed by atoms with Crippen LogP contribution in [0.1, 0.15) is 33.6 Å². The van der Waals surface area contributed by atoms with Crippen molar-refractivity contribution in [1.29, 1.82) is 0 Å². The molecule has 8 nitrogen and oxygen atoms in total. The summed E-state index contributed by atoms with van der Waals surface area (Å²) in [5.41, 5.74) is 4.07. The molecule has 0 atom stereocenters. The van der Waals surface area contributed by atoms with E-state index in [1.54, 1.807) is 22.9 Å². The van der Waals surface area contributed by atoms with Crippen LogP contribution in [0.25, 0.3) is 5.69 Å². The smallest absolute Gasteiger partial charge is 0.308 e. The number of nitrogens with zero attached hydrogens (tertiary/aromatic N) is 2. The summed E-state index contributed by atoms with van der Waals surface area (Å²) >= 11 is 0. The van der Waals surface area contributed by atoms with Crippen molar-refractivity contribution in [2.45, 2.75) is 27.2 Å². The highest BCUT2D eigenvalue weighted by Gasteiger charge is 2.14. The van der Waals surface area contributed by atoms with Crippen molar-refractivity contribution >= 4 is 23.6 Å². The summed E-state index contributed by atoms with van der Waals surface area (Å²) in [6.07, 6.45) is -0.0364. The molecule has 166 valence electrons. The number of aryl methyl sites for hydroxylation is 3. The van der Waals surface area contributed by atoms with Crippen molar-refractivity contribution in [2.75, 3.05) is 18.5 Å². The van der Waals surface area contributed by atoms with Crippen molar-refractivity contribution in [2.24, 2.45) is 0 Å². The lowest BCUT2D eigenvalue weighted by Gasteiger charge is -2.10. The number of nitrogens with one attached hydrogen (secondary N) is 2. The maximum absolute atomic E-state index is 12.3. The Morgan fingerprint density at radius 2 is 1.72 bits per heavy atom. The van der Waals surface area contributed by atoms with Crippen molar-refractivity contribution in [3.05, 3.63) is 77.0 Å². The fourth-order valence-electron chi connectivity index (χ4n) is 3.07. The molecule has 2 amide bonds. The van der Waals surface area contributed by atoms with E-state index in [9.17, 15) is 14.4 Å². The van der Waals surface area contributed by atoms with E-state index < -0.39 is 18.5 Å².